The quantitative estimate of drug-likeness (QED) is 0.843. The van der Waals surface area contributed by atoms with Gasteiger partial charge in [-0.05, 0) is 31.7 Å². The van der Waals surface area contributed by atoms with Gasteiger partial charge in [0.2, 0.25) is 5.91 Å². The molecule has 5 nitrogen and oxygen atoms in total. The Morgan fingerprint density at radius 1 is 1.28 bits per heavy atom. The van der Waals surface area contributed by atoms with Gasteiger partial charge in [0.15, 0.2) is 0 Å². The predicted octanol–water partition coefficient (Wildman–Crippen LogP) is 3.00. The smallest absolute Gasteiger partial charge is 0.348 e. The molecule has 0 saturated heterocycles. The molecule has 2 N–H and O–H groups in total. The number of hydrogen-bond donors (Lipinski definition) is 2. The molecule has 0 aliphatic heterocycles. The fraction of sp³-hybridized carbons (Fsp3) is 0.375. The molecule has 1 heterocycles. The van der Waals surface area contributed by atoms with E-state index in [4.69, 9.17) is 0 Å². The van der Waals surface area contributed by atoms with Gasteiger partial charge in [0, 0.05) is 18.8 Å². The molecule has 9 heteroatoms. The number of halogens is 4. The molecule has 25 heavy (non-hydrogen) atoms. The molecule has 0 aliphatic carbocycles. The minimum atomic E-state index is -4.41. The topological polar surface area (TPSA) is 59.0 Å². The third-order valence-corrected chi connectivity index (χ3v) is 3.68. The van der Waals surface area contributed by atoms with E-state index < -0.39 is 23.8 Å². The van der Waals surface area contributed by atoms with E-state index in [1.807, 2.05) is 0 Å². The number of aromatic nitrogens is 2. The summed E-state index contributed by atoms with van der Waals surface area (Å²) in [5.74, 6) is -0.338. The summed E-state index contributed by atoms with van der Waals surface area (Å²) < 4.78 is 40.0. The van der Waals surface area contributed by atoms with Crippen molar-refractivity contribution in [3.63, 3.8) is 0 Å². The largest absolute Gasteiger partial charge is 0.416 e. The molecule has 0 fully saturated rings. The molecule has 1 aromatic heterocycles. The van der Waals surface area contributed by atoms with Gasteiger partial charge < -0.3 is 10.6 Å². The summed E-state index contributed by atoms with van der Waals surface area (Å²) in [6.07, 6.45) is -1.14. The summed E-state index contributed by atoms with van der Waals surface area (Å²) in [6.45, 7) is 1.64. The predicted molar refractivity (Wildman–Crippen MR) is 90.3 cm³/mol. The number of alkyl halides is 3. The minimum Gasteiger partial charge on any atom is -0.348 e. The highest BCUT2D eigenvalue weighted by atomic mass is 35.5. The maximum Gasteiger partial charge on any atom is 0.416 e. The Hall–Kier alpha value is -2.06. The van der Waals surface area contributed by atoms with Crippen molar-refractivity contribution in [2.45, 2.75) is 25.2 Å². The molecule has 2 aromatic rings. The van der Waals surface area contributed by atoms with Gasteiger partial charge in [-0.3, -0.25) is 9.48 Å². The van der Waals surface area contributed by atoms with Gasteiger partial charge in [-0.2, -0.15) is 18.3 Å². The molecule has 138 valence electrons. The first-order valence-corrected chi connectivity index (χ1v) is 7.35. The van der Waals surface area contributed by atoms with Crippen LogP contribution in [0.15, 0.2) is 36.7 Å². The number of carbonyl (C=O) groups excluding carboxylic acids is 1. The van der Waals surface area contributed by atoms with Gasteiger partial charge in [-0.25, -0.2) is 0 Å². The Morgan fingerprint density at radius 2 is 1.96 bits per heavy atom. The van der Waals surface area contributed by atoms with Crippen LogP contribution in [0.25, 0.3) is 0 Å². The lowest BCUT2D eigenvalue weighted by atomic mass is 10.0. The Morgan fingerprint density at radius 3 is 2.48 bits per heavy atom. The first-order valence-electron chi connectivity index (χ1n) is 7.35. The maximum atomic E-state index is 12.8. The van der Waals surface area contributed by atoms with Gasteiger partial charge in [0.25, 0.3) is 0 Å². The first-order chi connectivity index (χ1) is 11.2. The number of carbonyl (C=O) groups is 1. The zero-order valence-corrected chi connectivity index (χ0v) is 14.8. The SMILES string of the molecule is CNC(C(=O)NC(C)c1cccc(C(F)(F)F)c1)c1cnn(C)c1.Cl. The van der Waals surface area contributed by atoms with Crippen molar-refractivity contribution in [1.29, 1.82) is 0 Å². The number of nitrogens with one attached hydrogen (secondary N) is 2. The highest BCUT2D eigenvalue weighted by molar-refractivity contribution is 5.85. The van der Waals surface area contributed by atoms with E-state index in [9.17, 15) is 18.0 Å². The molecule has 2 atom stereocenters. The number of benzene rings is 1. The molecule has 1 amide bonds. The summed E-state index contributed by atoms with van der Waals surface area (Å²) in [4.78, 5) is 12.4. The molecule has 0 bridgehead atoms. The summed E-state index contributed by atoms with van der Waals surface area (Å²) in [7, 11) is 3.37. The van der Waals surface area contributed by atoms with Crippen molar-refractivity contribution in [3.8, 4) is 0 Å². The first kappa shape index (κ1) is 21.0. The Balaban J connectivity index is 0.00000312. The van der Waals surface area contributed by atoms with E-state index in [2.05, 4.69) is 15.7 Å². The molecule has 2 unspecified atom stereocenters. The summed E-state index contributed by atoms with van der Waals surface area (Å²) in [6, 6.07) is 3.74. The second kappa shape index (κ2) is 8.35. The molecule has 0 aliphatic rings. The van der Waals surface area contributed by atoms with Gasteiger partial charge in [-0.15, -0.1) is 12.4 Å². The lowest BCUT2D eigenvalue weighted by molar-refractivity contribution is -0.137. The van der Waals surface area contributed by atoms with Crippen molar-refractivity contribution in [2.24, 2.45) is 7.05 Å². The Labute approximate surface area is 150 Å². The molecular formula is C16H20ClF3N4O. The fourth-order valence-corrected chi connectivity index (χ4v) is 2.40. The van der Waals surface area contributed by atoms with E-state index in [0.29, 0.717) is 11.1 Å². The monoisotopic (exact) mass is 376 g/mol. The molecule has 0 saturated carbocycles. The van der Waals surface area contributed by atoms with Crippen molar-refractivity contribution in [3.05, 3.63) is 53.3 Å². The second-order valence-electron chi connectivity index (χ2n) is 5.52. The van der Waals surface area contributed by atoms with Crippen molar-refractivity contribution in [2.75, 3.05) is 7.05 Å². The van der Waals surface area contributed by atoms with Crippen LogP contribution in [0, 0.1) is 0 Å². The van der Waals surface area contributed by atoms with E-state index >= 15 is 0 Å². The summed E-state index contributed by atoms with van der Waals surface area (Å²) in [5, 5.41) is 9.62. The number of likely N-dealkylation sites (N-methyl/N-ethyl adjacent to an activating group) is 1. The maximum absolute atomic E-state index is 12.8. The number of aryl methyl sites for hydroxylation is 1. The van der Waals surface area contributed by atoms with E-state index in [0.717, 1.165) is 12.1 Å². The minimum absolute atomic E-state index is 0. The van der Waals surface area contributed by atoms with Crippen LogP contribution in [0.5, 0.6) is 0 Å². The zero-order chi connectivity index (χ0) is 17.9. The molecular weight excluding hydrogens is 357 g/mol. The van der Waals surface area contributed by atoms with Crippen LogP contribution in [0.3, 0.4) is 0 Å². The fourth-order valence-electron chi connectivity index (χ4n) is 2.40. The van der Waals surface area contributed by atoms with E-state index in [1.165, 1.54) is 6.07 Å². The number of rotatable bonds is 5. The lowest BCUT2D eigenvalue weighted by Crippen LogP contribution is -2.37. The van der Waals surface area contributed by atoms with Crippen LogP contribution in [0.4, 0.5) is 13.2 Å². The van der Waals surface area contributed by atoms with Gasteiger partial charge in [0.05, 0.1) is 17.8 Å². The van der Waals surface area contributed by atoms with E-state index in [-0.39, 0.29) is 18.3 Å². The third-order valence-electron chi connectivity index (χ3n) is 3.68. The summed E-state index contributed by atoms with van der Waals surface area (Å²) in [5.41, 5.74) is 0.325. The number of hydrogen-bond acceptors (Lipinski definition) is 3. The normalized spacial score (nSPS) is 13.7. The van der Waals surface area contributed by atoms with Crippen molar-refractivity contribution >= 4 is 18.3 Å². The average Bonchev–Trinajstić information content (AvgIpc) is 2.93. The number of nitrogens with zero attached hydrogens (tertiary/aromatic N) is 2. The molecule has 0 spiro atoms. The van der Waals surface area contributed by atoms with Gasteiger partial charge in [-0.1, -0.05) is 12.1 Å². The standard InChI is InChI=1S/C16H19F3N4O.ClH/c1-10(11-5-4-6-13(7-11)16(17,18)19)22-15(24)14(20-2)12-8-21-23(3)9-12;/h4-10,14,20H,1-3H3,(H,22,24);1H. The Kier molecular flexibility index (Phi) is 7.01. The second-order valence-corrected chi connectivity index (χ2v) is 5.52. The van der Waals surface area contributed by atoms with Crippen molar-refractivity contribution in [1.82, 2.24) is 20.4 Å². The van der Waals surface area contributed by atoms with Crippen LogP contribution >= 0.6 is 12.4 Å². The van der Waals surface area contributed by atoms with Crippen LogP contribution in [-0.2, 0) is 18.0 Å². The molecule has 0 radical (unpaired) electrons. The van der Waals surface area contributed by atoms with Crippen molar-refractivity contribution < 1.29 is 18.0 Å². The van der Waals surface area contributed by atoms with Crippen LogP contribution in [-0.4, -0.2) is 22.7 Å². The summed E-state index contributed by atoms with van der Waals surface area (Å²) >= 11 is 0. The van der Waals surface area contributed by atoms with Crippen LogP contribution in [0.1, 0.15) is 35.7 Å². The molecule has 2 rings (SSSR count). The average molecular weight is 377 g/mol. The van der Waals surface area contributed by atoms with Gasteiger partial charge in [0.1, 0.15) is 6.04 Å². The molecule has 1 aromatic carbocycles. The van der Waals surface area contributed by atoms with Gasteiger partial charge >= 0.3 is 6.18 Å². The Bertz CT molecular complexity index is 717. The van der Waals surface area contributed by atoms with Crippen LogP contribution in [0.2, 0.25) is 0 Å². The van der Waals surface area contributed by atoms with Crippen LogP contribution < -0.4 is 10.6 Å². The highest BCUT2D eigenvalue weighted by Gasteiger charge is 2.31. The van der Waals surface area contributed by atoms with E-state index in [1.54, 1.807) is 44.2 Å². The third kappa shape index (κ3) is 5.20. The lowest BCUT2D eigenvalue weighted by Gasteiger charge is -2.20. The zero-order valence-electron chi connectivity index (χ0n) is 14.0. The highest BCUT2D eigenvalue weighted by Crippen LogP contribution is 2.30. The number of amides is 1.